The number of aryl methyl sites for hydroxylation is 1. The molecule has 0 saturated carbocycles. The van der Waals surface area contributed by atoms with Crippen LogP contribution in [-0.2, 0) is 6.54 Å². The van der Waals surface area contributed by atoms with Crippen LogP contribution in [0.25, 0.3) is 11.1 Å². The molecule has 0 aliphatic carbocycles. The Morgan fingerprint density at radius 2 is 2.03 bits per heavy atom. The normalized spacial score (nSPS) is 18.5. The van der Waals surface area contributed by atoms with Gasteiger partial charge in [-0.1, -0.05) is 12.6 Å². The Hall–Kier alpha value is -3.13. The average molecular weight is 435 g/mol. The summed E-state index contributed by atoms with van der Waals surface area (Å²) >= 11 is 0. The highest BCUT2D eigenvalue weighted by atomic mass is 16.3. The summed E-state index contributed by atoms with van der Waals surface area (Å²) in [6.07, 6.45) is 6.07. The number of anilines is 1. The lowest BCUT2D eigenvalue weighted by molar-refractivity contribution is 0.0585. The first-order valence-corrected chi connectivity index (χ1v) is 11.3. The standard InChI is InChI=1S/C24H30N6O2/c1-17(2)25-22-7-12-30(27-22)23(31)28-13-9-24(10-14-28)8-4-11-29(24)16-19-5-6-20-21(15-19)32-18(3)26-20/h5-7,12,15H,1,4,8-11,13-14,16H2,2-3H3,(H,25,27). The number of benzene rings is 1. The van der Waals surface area contributed by atoms with Gasteiger partial charge in [0.2, 0.25) is 0 Å². The highest BCUT2D eigenvalue weighted by Gasteiger charge is 2.43. The summed E-state index contributed by atoms with van der Waals surface area (Å²) < 4.78 is 7.14. The fraction of sp³-hybridized carbons (Fsp3) is 0.458. The maximum atomic E-state index is 12.9. The van der Waals surface area contributed by atoms with E-state index in [4.69, 9.17) is 4.42 Å². The first kappa shape index (κ1) is 20.8. The lowest BCUT2D eigenvalue weighted by atomic mass is 9.85. The Balaban J connectivity index is 1.24. The molecular weight excluding hydrogens is 404 g/mol. The number of carbonyl (C=O) groups is 1. The van der Waals surface area contributed by atoms with E-state index in [1.54, 1.807) is 12.3 Å². The van der Waals surface area contributed by atoms with E-state index in [0.717, 1.165) is 55.8 Å². The van der Waals surface area contributed by atoms with Crippen LogP contribution in [0.2, 0.25) is 0 Å². The second-order valence-corrected chi connectivity index (χ2v) is 9.10. The highest BCUT2D eigenvalue weighted by Crippen LogP contribution is 2.39. The third kappa shape index (κ3) is 3.90. The Kier molecular flexibility index (Phi) is 5.25. The van der Waals surface area contributed by atoms with E-state index in [2.05, 4.69) is 39.0 Å². The van der Waals surface area contributed by atoms with Crippen molar-refractivity contribution in [2.24, 2.45) is 0 Å². The predicted molar refractivity (Wildman–Crippen MR) is 123 cm³/mol. The van der Waals surface area contributed by atoms with Crippen molar-refractivity contribution in [3.05, 3.63) is 54.2 Å². The molecule has 2 aliphatic heterocycles. The van der Waals surface area contributed by atoms with Crippen LogP contribution in [-0.4, -0.2) is 55.8 Å². The van der Waals surface area contributed by atoms with E-state index in [1.165, 1.54) is 23.1 Å². The number of allylic oxidation sites excluding steroid dienone is 1. The Morgan fingerprint density at radius 3 is 2.81 bits per heavy atom. The summed E-state index contributed by atoms with van der Waals surface area (Å²) in [5, 5.41) is 7.39. The molecule has 1 aromatic carbocycles. The van der Waals surface area contributed by atoms with E-state index in [-0.39, 0.29) is 11.6 Å². The number of nitrogens with zero attached hydrogens (tertiary/aromatic N) is 5. The van der Waals surface area contributed by atoms with Gasteiger partial charge in [-0.2, -0.15) is 4.68 Å². The van der Waals surface area contributed by atoms with Gasteiger partial charge in [0.1, 0.15) is 5.52 Å². The van der Waals surface area contributed by atoms with Crippen LogP contribution >= 0.6 is 0 Å². The van der Waals surface area contributed by atoms with Crippen molar-refractivity contribution in [3.63, 3.8) is 0 Å². The molecule has 4 heterocycles. The zero-order chi connectivity index (χ0) is 22.3. The summed E-state index contributed by atoms with van der Waals surface area (Å²) in [4.78, 5) is 21.9. The number of aromatic nitrogens is 3. The van der Waals surface area contributed by atoms with Crippen LogP contribution in [0, 0.1) is 6.92 Å². The fourth-order valence-electron chi connectivity index (χ4n) is 5.19. The molecule has 0 atom stereocenters. The quantitative estimate of drug-likeness (QED) is 0.657. The molecule has 0 radical (unpaired) electrons. The van der Waals surface area contributed by atoms with Crippen molar-refractivity contribution in [2.45, 2.75) is 51.6 Å². The van der Waals surface area contributed by atoms with Gasteiger partial charge in [0.05, 0.1) is 0 Å². The Bertz CT molecular complexity index is 1150. The molecular formula is C24H30N6O2. The molecule has 5 rings (SSSR count). The van der Waals surface area contributed by atoms with Crippen molar-refractivity contribution >= 4 is 22.9 Å². The Labute approximate surface area is 187 Å². The van der Waals surface area contributed by atoms with Crippen molar-refractivity contribution in [1.82, 2.24) is 24.6 Å². The van der Waals surface area contributed by atoms with Gasteiger partial charge in [-0.05, 0) is 56.8 Å². The second-order valence-electron chi connectivity index (χ2n) is 9.10. The number of amides is 1. The lowest BCUT2D eigenvalue weighted by Gasteiger charge is -2.45. The Morgan fingerprint density at radius 1 is 1.22 bits per heavy atom. The highest BCUT2D eigenvalue weighted by molar-refractivity contribution is 5.76. The molecule has 2 fully saturated rings. The average Bonchev–Trinajstić information content (AvgIpc) is 3.47. The molecule has 1 N–H and O–H groups in total. The van der Waals surface area contributed by atoms with E-state index in [1.807, 2.05) is 24.8 Å². The lowest BCUT2D eigenvalue weighted by Crippen LogP contribution is -2.53. The summed E-state index contributed by atoms with van der Waals surface area (Å²) in [5.74, 6) is 1.34. The molecule has 1 amide bonds. The number of likely N-dealkylation sites (tertiary alicyclic amines) is 2. The van der Waals surface area contributed by atoms with Gasteiger partial charge in [-0.3, -0.25) is 4.90 Å². The molecule has 2 saturated heterocycles. The summed E-state index contributed by atoms with van der Waals surface area (Å²) in [6, 6.07) is 8.05. The molecule has 168 valence electrons. The van der Waals surface area contributed by atoms with Gasteiger partial charge >= 0.3 is 6.03 Å². The molecule has 0 bridgehead atoms. The number of oxazole rings is 1. The molecule has 0 unspecified atom stereocenters. The topological polar surface area (TPSA) is 79.4 Å². The van der Waals surface area contributed by atoms with E-state index in [9.17, 15) is 4.79 Å². The number of carbonyl (C=O) groups excluding carboxylic acids is 1. The minimum atomic E-state index is -0.0645. The van der Waals surface area contributed by atoms with E-state index >= 15 is 0 Å². The maximum absolute atomic E-state index is 12.9. The largest absolute Gasteiger partial charge is 0.441 e. The molecule has 8 nitrogen and oxygen atoms in total. The molecule has 3 aromatic rings. The summed E-state index contributed by atoms with van der Waals surface area (Å²) in [7, 11) is 0. The zero-order valence-corrected chi connectivity index (χ0v) is 18.8. The number of nitrogens with one attached hydrogen (secondary N) is 1. The van der Waals surface area contributed by atoms with Crippen molar-refractivity contribution in [1.29, 1.82) is 0 Å². The minimum Gasteiger partial charge on any atom is -0.441 e. The van der Waals surface area contributed by atoms with Gasteiger partial charge in [0, 0.05) is 50.1 Å². The van der Waals surface area contributed by atoms with Crippen LogP contribution < -0.4 is 5.32 Å². The van der Waals surface area contributed by atoms with Gasteiger partial charge in [0.15, 0.2) is 17.3 Å². The summed E-state index contributed by atoms with van der Waals surface area (Å²) in [5.41, 5.74) is 3.98. The molecule has 2 aromatic heterocycles. The number of fused-ring (bicyclic) bond motifs is 1. The van der Waals surface area contributed by atoms with Crippen molar-refractivity contribution in [3.8, 4) is 0 Å². The number of piperidine rings is 1. The summed E-state index contributed by atoms with van der Waals surface area (Å²) in [6.45, 7) is 11.1. The predicted octanol–water partition coefficient (Wildman–Crippen LogP) is 4.38. The molecule has 32 heavy (non-hydrogen) atoms. The van der Waals surface area contributed by atoms with E-state index < -0.39 is 0 Å². The first-order chi connectivity index (χ1) is 15.4. The third-order valence-corrected chi connectivity index (χ3v) is 6.77. The maximum Gasteiger partial charge on any atom is 0.344 e. The monoisotopic (exact) mass is 434 g/mol. The molecule has 2 aliphatic rings. The van der Waals surface area contributed by atoms with Crippen LogP contribution in [0.3, 0.4) is 0 Å². The molecule has 1 spiro atoms. The SMILES string of the molecule is C=C(C)Nc1ccn(C(=O)N2CCC3(CCCN3Cc3ccc4nc(C)oc4c3)CC2)n1. The first-order valence-electron chi connectivity index (χ1n) is 11.3. The van der Waals surface area contributed by atoms with Crippen LogP contribution in [0.15, 0.2) is 47.2 Å². The van der Waals surface area contributed by atoms with Gasteiger partial charge < -0.3 is 14.6 Å². The second kappa shape index (κ2) is 8.09. The fourth-order valence-corrected chi connectivity index (χ4v) is 5.19. The van der Waals surface area contributed by atoms with Gasteiger partial charge in [-0.15, -0.1) is 5.10 Å². The van der Waals surface area contributed by atoms with Gasteiger partial charge in [-0.25, -0.2) is 9.78 Å². The molecule has 8 heteroatoms. The number of hydrogen-bond acceptors (Lipinski definition) is 6. The smallest absolute Gasteiger partial charge is 0.344 e. The van der Waals surface area contributed by atoms with Crippen molar-refractivity contribution < 1.29 is 9.21 Å². The van der Waals surface area contributed by atoms with Crippen LogP contribution in [0.5, 0.6) is 0 Å². The van der Waals surface area contributed by atoms with Gasteiger partial charge in [0.25, 0.3) is 0 Å². The third-order valence-electron chi connectivity index (χ3n) is 6.77. The van der Waals surface area contributed by atoms with Crippen molar-refractivity contribution in [2.75, 3.05) is 25.0 Å². The minimum absolute atomic E-state index is 0.0645. The van der Waals surface area contributed by atoms with Crippen LogP contribution in [0.1, 0.15) is 44.1 Å². The zero-order valence-electron chi connectivity index (χ0n) is 18.8. The number of rotatable bonds is 4. The van der Waals surface area contributed by atoms with Crippen LogP contribution in [0.4, 0.5) is 10.6 Å². The van der Waals surface area contributed by atoms with E-state index in [0.29, 0.717) is 11.7 Å². The number of hydrogen-bond donors (Lipinski definition) is 1.